The van der Waals surface area contributed by atoms with Crippen molar-refractivity contribution in [1.82, 2.24) is 14.8 Å². The lowest BCUT2D eigenvalue weighted by atomic mass is 10.4. The average molecular weight is 270 g/mol. The number of ether oxygens (including phenoxy) is 1. The van der Waals surface area contributed by atoms with E-state index in [4.69, 9.17) is 4.74 Å². The summed E-state index contributed by atoms with van der Waals surface area (Å²) in [5.41, 5.74) is 0. The monoisotopic (exact) mass is 270 g/mol. The van der Waals surface area contributed by atoms with Crippen LogP contribution in [0.5, 0.6) is 0 Å². The maximum absolute atomic E-state index is 10.9. The Kier molecular flexibility index (Phi) is 4.60. The highest BCUT2D eigenvalue weighted by Crippen LogP contribution is 2.21. The molecule has 1 aromatic heterocycles. The molecule has 1 fully saturated rings. The van der Waals surface area contributed by atoms with Crippen molar-refractivity contribution in [1.29, 1.82) is 0 Å². The van der Waals surface area contributed by atoms with Gasteiger partial charge in [0.1, 0.15) is 5.78 Å². The predicted octanol–water partition coefficient (Wildman–Crippen LogP) is 0.723. The van der Waals surface area contributed by atoms with Gasteiger partial charge in [-0.15, -0.1) is 10.2 Å². The van der Waals surface area contributed by atoms with Gasteiger partial charge in [-0.2, -0.15) is 0 Å². The van der Waals surface area contributed by atoms with Crippen LogP contribution in [-0.2, 0) is 16.6 Å². The molecule has 1 aliphatic rings. The fourth-order valence-corrected chi connectivity index (χ4v) is 2.70. The van der Waals surface area contributed by atoms with Gasteiger partial charge in [0.2, 0.25) is 5.95 Å². The Morgan fingerprint density at radius 2 is 2.11 bits per heavy atom. The molecular formula is C11H18N4O2S. The van der Waals surface area contributed by atoms with Gasteiger partial charge in [-0.25, -0.2) is 0 Å². The lowest BCUT2D eigenvalue weighted by Gasteiger charge is -2.27. The molecule has 0 aromatic carbocycles. The van der Waals surface area contributed by atoms with Crippen molar-refractivity contribution in [2.45, 2.75) is 18.5 Å². The lowest BCUT2D eigenvalue weighted by Crippen LogP contribution is -2.37. The first-order chi connectivity index (χ1) is 8.68. The van der Waals surface area contributed by atoms with Crippen molar-refractivity contribution in [3.05, 3.63) is 0 Å². The number of thioether (sulfide) groups is 1. The van der Waals surface area contributed by atoms with Crippen LogP contribution in [-0.4, -0.2) is 52.6 Å². The minimum atomic E-state index is 0.207. The number of ketones is 1. The maximum Gasteiger partial charge on any atom is 0.227 e. The standard InChI is InChI=1S/C11H18N4O2S/c1-9(16)3-8-18-11-13-12-10(14(11)2)15-4-6-17-7-5-15/h3-8H2,1-2H3. The third kappa shape index (κ3) is 3.23. The van der Waals surface area contributed by atoms with Gasteiger partial charge in [0.15, 0.2) is 5.16 Å². The molecule has 0 atom stereocenters. The molecule has 18 heavy (non-hydrogen) atoms. The molecule has 1 saturated heterocycles. The molecule has 100 valence electrons. The van der Waals surface area contributed by atoms with Crippen molar-refractivity contribution < 1.29 is 9.53 Å². The van der Waals surface area contributed by atoms with Crippen molar-refractivity contribution >= 4 is 23.5 Å². The Bertz CT molecular complexity index is 415. The molecule has 0 unspecified atom stereocenters. The van der Waals surface area contributed by atoms with E-state index >= 15 is 0 Å². The second kappa shape index (κ2) is 6.19. The highest BCUT2D eigenvalue weighted by molar-refractivity contribution is 7.99. The minimum Gasteiger partial charge on any atom is -0.378 e. The van der Waals surface area contributed by atoms with Gasteiger partial charge in [-0.1, -0.05) is 11.8 Å². The van der Waals surface area contributed by atoms with E-state index in [1.807, 2.05) is 11.6 Å². The molecule has 0 bridgehead atoms. The molecule has 0 spiro atoms. The number of Topliss-reactive ketones (excluding diaryl/α,β-unsaturated/α-hetero) is 1. The zero-order chi connectivity index (χ0) is 13.0. The number of hydrogen-bond donors (Lipinski definition) is 0. The first-order valence-corrected chi connectivity index (χ1v) is 7.01. The van der Waals surface area contributed by atoms with Crippen molar-refractivity contribution in [2.75, 3.05) is 37.0 Å². The fourth-order valence-electron chi connectivity index (χ4n) is 1.76. The summed E-state index contributed by atoms with van der Waals surface area (Å²) in [7, 11) is 1.96. The Balaban J connectivity index is 1.96. The molecule has 0 aliphatic carbocycles. The number of carbonyl (C=O) groups excluding carboxylic acids is 1. The summed E-state index contributed by atoms with van der Waals surface area (Å²) in [6, 6.07) is 0. The number of carbonyl (C=O) groups is 1. The SMILES string of the molecule is CC(=O)CCSc1nnc(N2CCOCC2)n1C. The van der Waals surface area contributed by atoms with Gasteiger partial charge in [0, 0.05) is 32.3 Å². The lowest BCUT2D eigenvalue weighted by molar-refractivity contribution is -0.116. The number of aromatic nitrogens is 3. The van der Waals surface area contributed by atoms with E-state index in [1.54, 1.807) is 18.7 Å². The van der Waals surface area contributed by atoms with Gasteiger partial charge >= 0.3 is 0 Å². The quantitative estimate of drug-likeness (QED) is 0.735. The summed E-state index contributed by atoms with van der Waals surface area (Å²) in [6.45, 7) is 4.78. The highest BCUT2D eigenvalue weighted by Gasteiger charge is 2.18. The second-order valence-electron chi connectivity index (χ2n) is 4.24. The molecule has 2 rings (SSSR count). The number of hydrogen-bond acceptors (Lipinski definition) is 6. The molecule has 0 saturated carbocycles. The molecule has 0 N–H and O–H groups in total. The van der Waals surface area contributed by atoms with Gasteiger partial charge in [0.05, 0.1) is 13.2 Å². The molecular weight excluding hydrogens is 252 g/mol. The summed E-state index contributed by atoms with van der Waals surface area (Å²) in [5.74, 6) is 1.84. The second-order valence-corrected chi connectivity index (χ2v) is 5.30. The molecule has 0 amide bonds. The Morgan fingerprint density at radius 3 is 2.78 bits per heavy atom. The van der Waals surface area contributed by atoms with E-state index in [2.05, 4.69) is 15.1 Å². The van der Waals surface area contributed by atoms with Crippen LogP contribution in [0.2, 0.25) is 0 Å². The number of nitrogens with zero attached hydrogens (tertiary/aromatic N) is 4. The van der Waals surface area contributed by atoms with Gasteiger partial charge < -0.3 is 9.64 Å². The summed E-state index contributed by atoms with van der Waals surface area (Å²) >= 11 is 1.57. The van der Waals surface area contributed by atoms with Crippen LogP contribution in [0.1, 0.15) is 13.3 Å². The minimum absolute atomic E-state index is 0.207. The maximum atomic E-state index is 10.9. The van der Waals surface area contributed by atoms with Gasteiger partial charge in [0.25, 0.3) is 0 Å². The average Bonchev–Trinajstić information content (AvgIpc) is 2.72. The van der Waals surface area contributed by atoms with Crippen LogP contribution < -0.4 is 4.90 Å². The van der Waals surface area contributed by atoms with Crippen LogP contribution in [0.15, 0.2) is 5.16 Å². The van der Waals surface area contributed by atoms with Crippen molar-refractivity contribution in [3.63, 3.8) is 0 Å². The van der Waals surface area contributed by atoms with Crippen LogP contribution >= 0.6 is 11.8 Å². The van der Waals surface area contributed by atoms with Crippen molar-refractivity contribution in [2.24, 2.45) is 7.05 Å². The molecule has 6 nitrogen and oxygen atoms in total. The van der Waals surface area contributed by atoms with E-state index < -0.39 is 0 Å². The zero-order valence-corrected chi connectivity index (χ0v) is 11.6. The van der Waals surface area contributed by atoms with Gasteiger partial charge in [-0.05, 0) is 6.92 Å². The van der Waals surface area contributed by atoms with Crippen LogP contribution in [0.4, 0.5) is 5.95 Å². The Morgan fingerprint density at radius 1 is 1.39 bits per heavy atom. The Hall–Kier alpha value is -1.08. The highest BCUT2D eigenvalue weighted by atomic mass is 32.2. The van der Waals surface area contributed by atoms with Gasteiger partial charge in [-0.3, -0.25) is 9.36 Å². The fraction of sp³-hybridized carbons (Fsp3) is 0.727. The summed E-state index contributed by atoms with van der Waals surface area (Å²) < 4.78 is 7.30. The molecule has 7 heteroatoms. The third-order valence-corrected chi connectivity index (χ3v) is 3.81. The Labute approximate surface area is 111 Å². The first kappa shape index (κ1) is 13.4. The zero-order valence-electron chi connectivity index (χ0n) is 10.8. The topological polar surface area (TPSA) is 60.3 Å². The molecule has 2 heterocycles. The number of rotatable bonds is 5. The summed E-state index contributed by atoms with van der Waals surface area (Å²) in [6.07, 6.45) is 0.574. The largest absolute Gasteiger partial charge is 0.378 e. The normalized spacial score (nSPS) is 16.0. The summed E-state index contributed by atoms with van der Waals surface area (Å²) in [4.78, 5) is 13.1. The smallest absolute Gasteiger partial charge is 0.227 e. The van der Waals surface area contributed by atoms with Crippen LogP contribution in [0.3, 0.4) is 0 Å². The van der Waals surface area contributed by atoms with Crippen LogP contribution in [0.25, 0.3) is 0 Å². The van der Waals surface area contributed by atoms with E-state index in [1.165, 1.54) is 0 Å². The molecule has 0 radical (unpaired) electrons. The van der Waals surface area contributed by atoms with Crippen LogP contribution in [0, 0.1) is 0 Å². The van der Waals surface area contributed by atoms with E-state index in [9.17, 15) is 4.79 Å². The third-order valence-electron chi connectivity index (χ3n) is 2.79. The van der Waals surface area contributed by atoms with E-state index in [-0.39, 0.29) is 5.78 Å². The van der Waals surface area contributed by atoms with E-state index in [0.717, 1.165) is 43.2 Å². The predicted molar refractivity (Wildman–Crippen MR) is 70.1 cm³/mol. The van der Waals surface area contributed by atoms with E-state index in [0.29, 0.717) is 6.42 Å². The molecule has 1 aliphatic heterocycles. The number of morpholine rings is 1. The first-order valence-electron chi connectivity index (χ1n) is 6.03. The summed E-state index contributed by atoms with van der Waals surface area (Å²) in [5, 5.41) is 9.24. The van der Waals surface area contributed by atoms with Crippen molar-refractivity contribution in [3.8, 4) is 0 Å². The number of anilines is 1. The molecule has 1 aromatic rings.